The first-order valence-electron chi connectivity index (χ1n) is 7.63. The first-order chi connectivity index (χ1) is 10.2. The van der Waals surface area contributed by atoms with Gasteiger partial charge in [-0.25, -0.2) is 0 Å². The van der Waals surface area contributed by atoms with Crippen molar-refractivity contribution < 1.29 is 9.90 Å². The van der Waals surface area contributed by atoms with Crippen LogP contribution in [0.25, 0.3) is 10.9 Å². The predicted molar refractivity (Wildman–Crippen MR) is 79.0 cm³/mol. The second-order valence-corrected chi connectivity index (χ2v) is 6.30. The van der Waals surface area contributed by atoms with Crippen molar-refractivity contribution in [2.75, 3.05) is 6.54 Å². The molecule has 2 aliphatic rings. The van der Waals surface area contributed by atoms with E-state index in [-0.39, 0.29) is 17.6 Å². The summed E-state index contributed by atoms with van der Waals surface area (Å²) in [6, 6.07) is 7.71. The molecule has 5 heteroatoms. The average Bonchev–Trinajstić information content (AvgIpc) is 2.88. The zero-order valence-corrected chi connectivity index (χ0v) is 11.9. The summed E-state index contributed by atoms with van der Waals surface area (Å²) < 4.78 is 0. The largest absolute Gasteiger partial charge is 0.393 e. The number of aliphatic hydroxyl groups is 1. The van der Waals surface area contributed by atoms with Gasteiger partial charge in [0, 0.05) is 17.5 Å². The molecule has 1 aliphatic carbocycles. The number of aromatic amines is 1. The molecule has 1 unspecified atom stereocenters. The number of nitrogens with one attached hydrogen (secondary N) is 1. The van der Waals surface area contributed by atoms with E-state index in [0.29, 0.717) is 25.1 Å². The summed E-state index contributed by atoms with van der Waals surface area (Å²) in [5.74, 6) is -0.000880. The van der Waals surface area contributed by atoms with Crippen molar-refractivity contribution in [1.82, 2.24) is 15.1 Å². The van der Waals surface area contributed by atoms with E-state index in [9.17, 15) is 9.90 Å². The fraction of sp³-hybridized carbons (Fsp3) is 0.500. The molecule has 2 heterocycles. The van der Waals surface area contributed by atoms with Gasteiger partial charge < -0.3 is 10.0 Å². The van der Waals surface area contributed by atoms with Crippen molar-refractivity contribution >= 4 is 16.8 Å². The summed E-state index contributed by atoms with van der Waals surface area (Å²) >= 11 is 0. The Bertz CT molecular complexity index is 690. The second-order valence-electron chi connectivity index (χ2n) is 6.30. The maximum absolute atomic E-state index is 13.0. The van der Waals surface area contributed by atoms with Crippen molar-refractivity contribution in [2.24, 2.45) is 0 Å². The Morgan fingerprint density at radius 1 is 1.38 bits per heavy atom. The lowest BCUT2D eigenvalue weighted by Gasteiger charge is -2.54. The quantitative estimate of drug-likeness (QED) is 0.843. The molecule has 4 rings (SSSR count). The van der Waals surface area contributed by atoms with Crippen LogP contribution in [0.5, 0.6) is 0 Å². The van der Waals surface area contributed by atoms with Crippen LogP contribution in [0.15, 0.2) is 24.3 Å². The molecule has 0 bridgehead atoms. The summed E-state index contributed by atoms with van der Waals surface area (Å²) in [5.41, 5.74) is 1.27. The molecule has 1 aromatic heterocycles. The van der Waals surface area contributed by atoms with E-state index in [0.717, 1.165) is 30.2 Å². The van der Waals surface area contributed by atoms with Gasteiger partial charge in [-0.05, 0) is 38.2 Å². The number of para-hydroxylation sites is 1. The number of hydrogen-bond donors (Lipinski definition) is 2. The molecule has 2 aromatic rings. The zero-order chi connectivity index (χ0) is 14.4. The molecule has 1 saturated carbocycles. The Morgan fingerprint density at radius 2 is 2.19 bits per heavy atom. The lowest BCUT2D eigenvalue weighted by Crippen LogP contribution is -2.61. The number of likely N-dealkylation sites (tertiary alicyclic amines) is 1. The van der Waals surface area contributed by atoms with Gasteiger partial charge in [0.15, 0.2) is 5.69 Å². The van der Waals surface area contributed by atoms with Crippen molar-refractivity contribution in [2.45, 2.75) is 43.7 Å². The average molecular weight is 285 g/mol. The lowest BCUT2D eigenvalue weighted by atomic mass is 9.69. The number of carbonyl (C=O) groups excluding carboxylic acids is 1. The first kappa shape index (κ1) is 12.8. The molecule has 21 heavy (non-hydrogen) atoms. The van der Waals surface area contributed by atoms with Crippen LogP contribution in [0, 0.1) is 0 Å². The van der Waals surface area contributed by atoms with Crippen LogP contribution >= 0.6 is 0 Å². The van der Waals surface area contributed by atoms with E-state index in [1.807, 2.05) is 29.2 Å². The summed E-state index contributed by atoms with van der Waals surface area (Å²) in [4.78, 5) is 14.9. The number of benzene rings is 1. The van der Waals surface area contributed by atoms with Crippen molar-refractivity contribution in [3.8, 4) is 0 Å². The molecule has 1 amide bonds. The Kier molecular flexibility index (Phi) is 2.79. The zero-order valence-electron chi connectivity index (χ0n) is 11.9. The minimum absolute atomic E-state index is 0.000880. The maximum atomic E-state index is 13.0. The Balaban J connectivity index is 1.70. The number of aromatic nitrogens is 2. The normalized spacial score (nSPS) is 24.2. The summed E-state index contributed by atoms with van der Waals surface area (Å²) in [5, 5.41) is 18.0. The van der Waals surface area contributed by atoms with Crippen LogP contribution in [0.4, 0.5) is 0 Å². The van der Waals surface area contributed by atoms with E-state index in [4.69, 9.17) is 0 Å². The molecule has 1 spiro atoms. The second kappa shape index (κ2) is 4.56. The Labute approximate surface area is 122 Å². The third kappa shape index (κ3) is 1.87. The first-order valence-corrected chi connectivity index (χ1v) is 7.63. The van der Waals surface area contributed by atoms with Gasteiger partial charge in [-0.3, -0.25) is 9.89 Å². The standard InChI is InChI=1S/C16H19N3O2/c20-11-6-9-19(16(10-11)7-3-8-16)15(21)14-12-4-1-2-5-13(12)17-18-14/h1-2,4-5,11,20H,3,6-10H2,(H,17,18). The van der Waals surface area contributed by atoms with Crippen LogP contribution < -0.4 is 0 Å². The topological polar surface area (TPSA) is 69.2 Å². The van der Waals surface area contributed by atoms with Gasteiger partial charge >= 0.3 is 0 Å². The number of H-pyrrole nitrogens is 1. The van der Waals surface area contributed by atoms with Crippen LogP contribution in [0.3, 0.4) is 0 Å². The highest BCUT2D eigenvalue weighted by Crippen LogP contribution is 2.45. The van der Waals surface area contributed by atoms with Gasteiger partial charge in [-0.15, -0.1) is 0 Å². The van der Waals surface area contributed by atoms with E-state index < -0.39 is 0 Å². The number of fused-ring (bicyclic) bond motifs is 1. The fourth-order valence-electron chi connectivity index (χ4n) is 3.80. The molecule has 1 atom stereocenters. The number of amides is 1. The molecule has 1 saturated heterocycles. The molecule has 5 nitrogen and oxygen atoms in total. The maximum Gasteiger partial charge on any atom is 0.275 e. The number of carbonyl (C=O) groups is 1. The number of aliphatic hydroxyl groups excluding tert-OH is 1. The minimum Gasteiger partial charge on any atom is -0.393 e. The van der Waals surface area contributed by atoms with Gasteiger partial charge in [0.2, 0.25) is 0 Å². The molecular formula is C16H19N3O2. The van der Waals surface area contributed by atoms with Crippen molar-refractivity contribution in [1.29, 1.82) is 0 Å². The number of nitrogens with zero attached hydrogens (tertiary/aromatic N) is 2. The summed E-state index contributed by atoms with van der Waals surface area (Å²) in [7, 11) is 0. The van der Waals surface area contributed by atoms with Crippen molar-refractivity contribution in [3.63, 3.8) is 0 Å². The van der Waals surface area contributed by atoms with E-state index in [1.165, 1.54) is 0 Å². The van der Waals surface area contributed by atoms with Crippen LogP contribution in [-0.2, 0) is 0 Å². The highest BCUT2D eigenvalue weighted by molar-refractivity contribution is 6.05. The lowest BCUT2D eigenvalue weighted by molar-refractivity contribution is -0.0485. The van der Waals surface area contributed by atoms with Crippen LogP contribution in [0.1, 0.15) is 42.6 Å². The molecule has 2 N–H and O–H groups in total. The van der Waals surface area contributed by atoms with Crippen LogP contribution in [0.2, 0.25) is 0 Å². The molecule has 1 aromatic carbocycles. The molecule has 2 fully saturated rings. The summed E-state index contributed by atoms with van der Waals surface area (Å²) in [6.45, 7) is 0.626. The minimum atomic E-state index is -0.273. The van der Waals surface area contributed by atoms with Crippen LogP contribution in [-0.4, -0.2) is 44.3 Å². The number of rotatable bonds is 1. The molecule has 1 aliphatic heterocycles. The van der Waals surface area contributed by atoms with Gasteiger partial charge in [0.25, 0.3) is 5.91 Å². The highest BCUT2D eigenvalue weighted by atomic mass is 16.3. The third-order valence-corrected chi connectivity index (χ3v) is 5.08. The van der Waals surface area contributed by atoms with E-state index in [2.05, 4.69) is 10.2 Å². The van der Waals surface area contributed by atoms with Gasteiger partial charge in [0.1, 0.15) is 0 Å². The number of hydrogen-bond acceptors (Lipinski definition) is 3. The van der Waals surface area contributed by atoms with E-state index in [1.54, 1.807) is 0 Å². The Hall–Kier alpha value is -1.88. The molecular weight excluding hydrogens is 266 g/mol. The van der Waals surface area contributed by atoms with Gasteiger partial charge in [-0.2, -0.15) is 5.10 Å². The van der Waals surface area contributed by atoms with Crippen molar-refractivity contribution in [3.05, 3.63) is 30.0 Å². The number of piperidine rings is 1. The summed E-state index contributed by atoms with van der Waals surface area (Å²) in [6.07, 6.45) is 4.23. The Morgan fingerprint density at radius 3 is 2.95 bits per heavy atom. The van der Waals surface area contributed by atoms with E-state index >= 15 is 0 Å². The third-order valence-electron chi connectivity index (χ3n) is 5.08. The smallest absolute Gasteiger partial charge is 0.275 e. The highest BCUT2D eigenvalue weighted by Gasteiger charge is 2.49. The van der Waals surface area contributed by atoms with Gasteiger partial charge in [0.05, 0.1) is 11.6 Å². The molecule has 0 radical (unpaired) electrons. The SMILES string of the molecule is O=C(c1n[nH]c2ccccc12)N1CCC(O)CC12CCC2. The van der Waals surface area contributed by atoms with Gasteiger partial charge in [-0.1, -0.05) is 18.2 Å². The monoisotopic (exact) mass is 285 g/mol. The predicted octanol–water partition coefficient (Wildman–Crippen LogP) is 2.08. The fourth-order valence-corrected chi connectivity index (χ4v) is 3.80. The molecule has 110 valence electrons.